The molecule has 0 aliphatic carbocycles. The lowest BCUT2D eigenvalue weighted by Crippen LogP contribution is -2.11. The van der Waals surface area contributed by atoms with Gasteiger partial charge in [0.05, 0.1) is 0 Å². The number of hydrogen-bond acceptors (Lipinski definition) is 3. The molecule has 0 aliphatic heterocycles. The van der Waals surface area contributed by atoms with Crippen molar-refractivity contribution in [3.05, 3.63) is 65.2 Å². The Morgan fingerprint density at radius 3 is 2.55 bits per heavy atom. The standard InChI is InChI=1S/C17H18O3/c1-13-3-2-4-15(11-13)17(19)12-20-16-7-5-14(6-8-16)9-10-18/h2-8,11,18H,9-10,12H2,1H3. The smallest absolute Gasteiger partial charge is 0.200 e. The summed E-state index contributed by atoms with van der Waals surface area (Å²) >= 11 is 0. The minimum atomic E-state index is -0.0341. The highest BCUT2D eigenvalue weighted by Gasteiger charge is 2.06. The molecule has 1 N–H and O–H groups in total. The van der Waals surface area contributed by atoms with Crippen molar-refractivity contribution >= 4 is 5.78 Å². The minimum absolute atomic E-state index is 0.0306. The largest absolute Gasteiger partial charge is 0.485 e. The first-order valence-electron chi connectivity index (χ1n) is 6.61. The monoisotopic (exact) mass is 270 g/mol. The maximum atomic E-state index is 12.0. The number of carbonyl (C=O) groups is 1. The summed E-state index contributed by atoms with van der Waals surface area (Å²) in [5, 5.41) is 8.84. The number of benzene rings is 2. The summed E-state index contributed by atoms with van der Waals surface area (Å²) in [5.41, 5.74) is 2.77. The van der Waals surface area contributed by atoms with Crippen molar-refractivity contribution < 1.29 is 14.6 Å². The average molecular weight is 270 g/mol. The molecule has 0 saturated carbocycles. The molecule has 0 unspecified atom stereocenters. The van der Waals surface area contributed by atoms with Crippen LogP contribution in [0.4, 0.5) is 0 Å². The van der Waals surface area contributed by atoms with Crippen LogP contribution in [0.5, 0.6) is 5.75 Å². The van der Waals surface area contributed by atoms with Crippen LogP contribution in [0.25, 0.3) is 0 Å². The second-order valence-electron chi connectivity index (χ2n) is 4.70. The molecule has 2 aromatic rings. The van der Waals surface area contributed by atoms with Gasteiger partial charge in [0, 0.05) is 12.2 Å². The fourth-order valence-corrected chi connectivity index (χ4v) is 1.93. The van der Waals surface area contributed by atoms with Crippen molar-refractivity contribution in [2.45, 2.75) is 13.3 Å². The number of ketones is 1. The zero-order chi connectivity index (χ0) is 14.4. The van der Waals surface area contributed by atoms with E-state index in [4.69, 9.17) is 9.84 Å². The van der Waals surface area contributed by atoms with Gasteiger partial charge < -0.3 is 9.84 Å². The molecule has 104 valence electrons. The van der Waals surface area contributed by atoms with Crippen molar-refractivity contribution in [2.24, 2.45) is 0 Å². The van der Waals surface area contributed by atoms with Crippen molar-refractivity contribution in [2.75, 3.05) is 13.2 Å². The number of ether oxygens (including phenoxy) is 1. The average Bonchev–Trinajstić information content (AvgIpc) is 2.46. The molecule has 3 heteroatoms. The molecule has 0 amide bonds. The van der Waals surface area contributed by atoms with Crippen molar-refractivity contribution in [3.63, 3.8) is 0 Å². The molecule has 0 bridgehead atoms. The summed E-state index contributed by atoms with van der Waals surface area (Å²) in [4.78, 5) is 12.0. The summed E-state index contributed by atoms with van der Waals surface area (Å²) in [6.45, 7) is 2.12. The zero-order valence-electron chi connectivity index (χ0n) is 11.5. The van der Waals surface area contributed by atoms with E-state index in [1.807, 2.05) is 49.4 Å². The number of aliphatic hydroxyl groups is 1. The molecule has 0 spiro atoms. The van der Waals surface area contributed by atoms with Crippen LogP contribution in [0, 0.1) is 6.92 Å². The van der Waals surface area contributed by atoms with Crippen LogP contribution >= 0.6 is 0 Å². The fraction of sp³-hybridized carbons (Fsp3) is 0.235. The Hall–Kier alpha value is -2.13. The molecule has 0 aliphatic rings. The van der Waals surface area contributed by atoms with E-state index in [0.717, 1.165) is 11.1 Å². The molecule has 2 aromatic carbocycles. The number of Topliss-reactive ketones (excluding diaryl/α,β-unsaturated/α-hetero) is 1. The highest BCUT2D eigenvalue weighted by molar-refractivity contribution is 5.97. The van der Waals surface area contributed by atoms with E-state index in [0.29, 0.717) is 17.7 Å². The SMILES string of the molecule is Cc1cccc(C(=O)COc2ccc(CCO)cc2)c1. The van der Waals surface area contributed by atoms with Crippen LogP contribution < -0.4 is 4.74 Å². The first-order valence-corrected chi connectivity index (χ1v) is 6.61. The Kier molecular flexibility index (Phi) is 4.91. The topological polar surface area (TPSA) is 46.5 Å². The Labute approximate surface area is 118 Å². The third-order valence-corrected chi connectivity index (χ3v) is 3.03. The van der Waals surface area contributed by atoms with Crippen LogP contribution in [0.1, 0.15) is 21.5 Å². The summed E-state index contributed by atoms with van der Waals surface area (Å²) in [6.07, 6.45) is 0.627. The van der Waals surface area contributed by atoms with E-state index >= 15 is 0 Å². The summed E-state index contributed by atoms with van der Waals surface area (Å²) in [5.74, 6) is 0.626. The Morgan fingerprint density at radius 2 is 1.90 bits per heavy atom. The predicted molar refractivity (Wildman–Crippen MR) is 78.2 cm³/mol. The Bertz CT molecular complexity index is 573. The maximum absolute atomic E-state index is 12.0. The van der Waals surface area contributed by atoms with Crippen molar-refractivity contribution in [3.8, 4) is 5.75 Å². The fourth-order valence-electron chi connectivity index (χ4n) is 1.93. The van der Waals surface area contributed by atoms with Gasteiger partial charge in [0.2, 0.25) is 0 Å². The van der Waals surface area contributed by atoms with Gasteiger partial charge >= 0.3 is 0 Å². The number of rotatable bonds is 6. The van der Waals surface area contributed by atoms with Crippen LogP contribution in [0.15, 0.2) is 48.5 Å². The number of hydrogen-bond donors (Lipinski definition) is 1. The van der Waals surface area contributed by atoms with Crippen LogP contribution in [0.3, 0.4) is 0 Å². The van der Waals surface area contributed by atoms with Crippen LogP contribution in [-0.2, 0) is 6.42 Å². The zero-order valence-corrected chi connectivity index (χ0v) is 11.5. The molecule has 0 fully saturated rings. The molecule has 20 heavy (non-hydrogen) atoms. The molecule has 0 radical (unpaired) electrons. The van der Waals surface area contributed by atoms with Gasteiger partial charge in [0.25, 0.3) is 0 Å². The highest BCUT2D eigenvalue weighted by atomic mass is 16.5. The highest BCUT2D eigenvalue weighted by Crippen LogP contribution is 2.13. The van der Waals surface area contributed by atoms with Gasteiger partial charge in [0.1, 0.15) is 5.75 Å². The lowest BCUT2D eigenvalue weighted by Gasteiger charge is -2.07. The lowest BCUT2D eigenvalue weighted by molar-refractivity contribution is 0.0921. The molecule has 0 heterocycles. The number of carbonyl (C=O) groups excluding carboxylic acids is 1. The first-order chi connectivity index (χ1) is 9.69. The predicted octanol–water partition coefficient (Wildman–Crippen LogP) is 2.79. The lowest BCUT2D eigenvalue weighted by atomic mass is 10.1. The van der Waals surface area contributed by atoms with Crippen molar-refractivity contribution in [1.29, 1.82) is 0 Å². The van der Waals surface area contributed by atoms with Gasteiger partial charge in [-0.25, -0.2) is 0 Å². The van der Waals surface area contributed by atoms with Gasteiger partial charge in [-0.1, -0.05) is 35.9 Å². The molecule has 0 atom stereocenters. The summed E-state index contributed by atoms with van der Waals surface area (Å²) in [7, 11) is 0. The normalized spacial score (nSPS) is 10.3. The molecular weight excluding hydrogens is 252 g/mol. The van der Waals surface area contributed by atoms with E-state index in [1.165, 1.54) is 0 Å². The second-order valence-corrected chi connectivity index (χ2v) is 4.70. The van der Waals surface area contributed by atoms with Crippen molar-refractivity contribution in [1.82, 2.24) is 0 Å². The molecule has 0 saturated heterocycles. The Balaban J connectivity index is 1.93. The van der Waals surface area contributed by atoms with E-state index in [9.17, 15) is 4.79 Å². The number of aliphatic hydroxyl groups excluding tert-OH is 1. The first kappa shape index (κ1) is 14.3. The summed E-state index contributed by atoms with van der Waals surface area (Å²) < 4.78 is 5.48. The minimum Gasteiger partial charge on any atom is -0.485 e. The number of aryl methyl sites for hydroxylation is 1. The van der Waals surface area contributed by atoms with Crippen LogP contribution in [0.2, 0.25) is 0 Å². The third-order valence-electron chi connectivity index (χ3n) is 3.03. The van der Waals surface area contributed by atoms with Gasteiger partial charge in [-0.05, 0) is 37.1 Å². The maximum Gasteiger partial charge on any atom is 0.200 e. The molecule has 3 nitrogen and oxygen atoms in total. The van der Waals surface area contributed by atoms with Gasteiger partial charge in [0.15, 0.2) is 12.4 Å². The van der Waals surface area contributed by atoms with E-state index in [1.54, 1.807) is 6.07 Å². The molecule has 2 rings (SSSR count). The van der Waals surface area contributed by atoms with Gasteiger partial charge in [-0.15, -0.1) is 0 Å². The van der Waals surface area contributed by atoms with Gasteiger partial charge in [-0.2, -0.15) is 0 Å². The quantitative estimate of drug-likeness (QED) is 0.821. The van der Waals surface area contributed by atoms with Gasteiger partial charge in [-0.3, -0.25) is 4.79 Å². The van der Waals surface area contributed by atoms with E-state index < -0.39 is 0 Å². The summed E-state index contributed by atoms with van der Waals surface area (Å²) in [6, 6.07) is 14.9. The molecular formula is C17H18O3. The molecule has 0 aromatic heterocycles. The third kappa shape index (κ3) is 3.93. The van der Waals surface area contributed by atoms with E-state index in [2.05, 4.69) is 0 Å². The van der Waals surface area contributed by atoms with Crippen LogP contribution in [-0.4, -0.2) is 24.1 Å². The second kappa shape index (κ2) is 6.87. The van der Waals surface area contributed by atoms with E-state index in [-0.39, 0.29) is 19.0 Å². The Morgan fingerprint density at radius 1 is 1.15 bits per heavy atom.